The molecule has 130 valence electrons. The average Bonchev–Trinajstić information content (AvgIpc) is 2.81. The summed E-state index contributed by atoms with van der Waals surface area (Å²) in [6, 6.07) is 0. The van der Waals surface area contributed by atoms with Gasteiger partial charge in [-0.1, -0.05) is 13.8 Å². The van der Waals surface area contributed by atoms with Gasteiger partial charge in [0.05, 0.1) is 12.0 Å². The van der Waals surface area contributed by atoms with Gasteiger partial charge in [0.25, 0.3) is 0 Å². The number of aliphatic hydroxyl groups is 1. The van der Waals surface area contributed by atoms with Crippen molar-refractivity contribution in [1.29, 1.82) is 0 Å². The molecule has 4 rings (SSSR count). The fraction of sp³-hybridized carbons (Fsp3) is 0.950. The van der Waals surface area contributed by atoms with Crippen molar-refractivity contribution in [2.24, 2.45) is 40.4 Å². The fourth-order valence-electron chi connectivity index (χ4n) is 7.55. The van der Waals surface area contributed by atoms with Gasteiger partial charge >= 0.3 is 5.97 Å². The first kappa shape index (κ1) is 15.9. The summed E-state index contributed by atoms with van der Waals surface area (Å²) in [4.78, 5) is 11.6. The molecule has 0 unspecified atom stereocenters. The predicted octanol–water partition coefficient (Wildman–Crippen LogP) is 4.09. The van der Waals surface area contributed by atoms with E-state index in [-0.39, 0.29) is 22.9 Å². The maximum atomic E-state index is 11.6. The van der Waals surface area contributed by atoms with Gasteiger partial charge in [0.1, 0.15) is 0 Å². The molecular weight excluding hydrogens is 288 g/mol. The number of carboxylic acids is 1. The van der Waals surface area contributed by atoms with Gasteiger partial charge in [0.2, 0.25) is 0 Å². The lowest BCUT2D eigenvalue weighted by atomic mass is 9.44. The van der Waals surface area contributed by atoms with Crippen molar-refractivity contribution in [2.75, 3.05) is 0 Å². The van der Waals surface area contributed by atoms with E-state index in [4.69, 9.17) is 0 Å². The summed E-state index contributed by atoms with van der Waals surface area (Å²) in [5.74, 6) is 2.10. The predicted molar refractivity (Wildman–Crippen MR) is 88.9 cm³/mol. The first-order valence-electron chi connectivity index (χ1n) is 9.77. The molecule has 4 fully saturated rings. The molecular formula is C20H32O3. The lowest BCUT2D eigenvalue weighted by molar-refractivity contribution is -0.155. The Balaban J connectivity index is 1.63. The van der Waals surface area contributed by atoms with E-state index in [1.807, 2.05) is 0 Å². The van der Waals surface area contributed by atoms with Gasteiger partial charge in [-0.15, -0.1) is 0 Å². The van der Waals surface area contributed by atoms with Gasteiger partial charge < -0.3 is 10.2 Å². The second kappa shape index (κ2) is 5.21. The summed E-state index contributed by atoms with van der Waals surface area (Å²) in [7, 11) is 0. The minimum Gasteiger partial charge on any atom is -0.481 e. The molecule has 0 bridgehead atoms. The highest BCUT2D eigenvalue weighted by molar-refractivity contribution is 5.70. The Bertz CT molecular complexity index is 503. The second-order valence-electron chi connectivity index (χ2n) is 9.61. The van der Waals surface area contributed by atoms with E-state index in [1.54, 1.807) is 0 Å². The first-order chi connectivity index (χ1) is 10.9. The van der Waals surface area contributed by atoms with Crippen molar-refractivity contribution in [3.8, 4) is 0 Å². The van der Waals surface area contributed by atoms with Crippen LogP contribution in [-0.2, 0) is 4.79 Å². The number of fused-ring (bicyclic) bond motifs is 5. The van der Waals surface area contributed by atoms with Crippen LogP contribution in [0.5, 0.6) is 0 Å². The molecule has 4 aliphatic rings. The summed E-state index contributed by atoms with van der Waals surface area (Å²) in [5, 5.41) is 20.0. The number of rotatable bonds is 1. The summed E-state index contributed by atoms with van der Waals surface area (Å²) >= 11 is 0. The van der Waals surface area contributed by atoms with Crippen molar-refractivity contribution in [1.82, 2.24) is 0 Å². The number of carboxylic acid groups (broad SMARTS) is 1. The fourth-order valence-corrected chi connectivity index (χ4v) is 7.55. The lowest BCUT2D eigenvalue weighted by Gasteiger charge is -2.60. The third-order valence-corrected chi connectivity index (χ3v) is 8.91. The zero-order valence-corrected chi connectivity index (χ0v) is 14.6. The van der Waals surface area contributed by atoms with Crippen LogP contribution in [0.25, 0.3) is 0 Å². The van der Waals surface area contributed by atoms with Gasteiger partial charge in [-0.25, -0.2) is 0 Å². The molecule has 0 heterocycles. The molecule has 0 aliphatic heterocycles. The van der Waals surface area contributed by atoms with Crippen LogP contribution in [0.3, 0.4) is 0 Å². The molecule has 3 nitrogen and oxygen atoms in total. The average molecular weight is 320 g/mol. The van der Waals surface area contributed by atoms with Crippen molar-refractivity contribution in [2.45, 2.75) is 77.7 Å². The molecule has 0 radical (unpaired) electrons. The van der Waals surface area contributed by atoms with Gasteiger partial charge in [-0.05, 0) is 92.3 Å². The summed E-state index contributed by atoms with van der Waals surface area (Å²) in [6.45, 7) is 4.73. The maximum Gasteiger partial charge on any atom is 0.306 e. The molecule has 23 heavy (non-hydrogen) atoms. The number of aliphatic carboxylic acids is 1. The van der Waals surface area contributed by atoms with E-state index >= 15 is 0 Å². The van der Waals surface area contributed by atoms with E-state index in [9.17, 15) is 15.0 Å². The van der Waals surface area contributed by atoms with E-state index in [2.05, 4.69) is 13.8 Å². The monoisotopic (exact) mass is 320 g/mol. The number of hydrogen-bond donors (Lipinski definition) is 2. The van der Waals surface area contributed by atoms with Gasteiger partial charge in [0, 0.05) is 0 Å². The normalized spacial score (nSPS) is 55.6. The molecule has 0 spiro atoms. The molecule has 4 saturated carbocycles. The Morgan fingerprint density at radius 3 is 2.35 bits per heavy atom. The Morgan fingerprint density at radius 1 is 0.913 bits per heavy atom. The molecule has 0 saturated heterocycles. The topological polar surface area (TPSA) is 57.5 Å². The minimum absolute atomic E-state index is 0.114. The highest BCUT2D eigenvalue weighted by atomic mass is 16.4. The lowest BCUT2D eigenvalue weighted by Crippen LogP contribution is -2.54. The van der Waals surface area contributed by atoms with E-state index in [0.29, 0.717) is 11.8 Å². The van der Waals surface area contributed by atoms with Crippen molar-refractivity contribution in [3.05, 3.63) is 0 Å². The number of aliphatic hydroxyl groups excluding tert-OH is 1. The molecule has 8 atom stereocenters. The molecule has 4 aliphatic carbocycles. The second-order valence-corrected chi connectivity index (χ2v) is 9.61. The van der Waals surface area contributed by atoms with Crippen LogP contribution in [-0.4, -0.2) is 22.3 Å². The highest BCUT2D eigenvalue weighted by Crippen LogP contribution is 2.66. The Hall–Kier alpha value is -0.570. The zero-order valence-electron chi connectivity index (χ0n) is 14.6. The Kier molecular flexibility index (Phi) is 3.61. The van der Waals surface area contributed by atoms with Crippen LogP contribution in [0.15, 0.2) is 0 Å². The van der Waals surface area contributed by atoms with Crippen LogP contribution >= 0.6 is 0 Å². The van der Waals surface area contributed by atoms with Crippen LogP contribution in [0.4, 0.5) is 0 Å². The quantitative estimate of drug-likeness (QED) is 0.765. The minimum atomic E-state index is -0.580. The van der Waals surface area contributed by atoms with Crippen molar-refractivity contribution >= 4 is 5.97 Å². The Labute approximate surface area is 139 Å². The first-order valence-corrected chi connectivity index (χ1v) is 9.77. The number of hydrogen-bond acceptors (Lipinski definition) is 2. The molecule has 2 N–H and O–H groups in total. The molecule has 0 aromatic heterocycles. The maximum absolute atomic E-state index is 11.6. The third kappa shape index (κ3) is 2.14. The van der Waals surface area contributed by atoms with Gasteiger partial charge in [0.15, 0.2) is 0 Å². The molecule has 3 heteroatoms. The highest BCUT2D eigenvalue weighted by Gasteiger charge is 2.60. The van der Waals surface area contributed by atoms with E-state index in [0.717, 1.165) is 43.9 Å². The van der Waals surface area contributed by atoms with Crippen molar-refractivity contribution < 1.29 is 15.0 Å². The van der Waals surface area contributed by atoms with E-state index in [1.165, 1.54) is 25.7 Å². The summed E-state index contributed by atoms with van der Waals surface area (Å²) in [6.07, 6.45) is 9.87. The molecule has 0 aromatic rings. The standard InChI is InChI=1S/C20H32O3/c1-19-10-9-16-14(15(19)7-8-17(19)21)6-5-13-4-3-12(18(22)23)11-20(13,16)2/h12-17,21H,3-11H2,1-2H3,(H,22,23)/t12-,13+,14-,15-,16-,17-,19-,20-/m0/s1. The van der Waals surface area contributed by atoms with Crippen molar-refractivity contribution in [3.63, 3.8) is 0 Å². The smallest absolute Gasteiger partial charge is 0.306 e. The summed E-state index contributed by atoms with van der Waals surface area (Å²) < 4.78 is 0. The van der Waals surface area contributed by atoms with Gasteiger partial charge in [-0.3, -0.25) is 4.79 Å². The van der Waals surface area contributed by atoms with Crippen LogP contribution in [0, 0.1) is 40.4 Å². The third-order valence-electron chi connectivity index (χ3n) is 8.91. The van der Waals surface area contributed by atoms with Crippen LogP contribution < -0.4 is 0 Å². The van der Waals surface area contributed by atoms with Crippen LogP contribution in [0.1, 0.15) is 71.6 Å². The SMILES string of the molecule is C[C@]12C[C@@H](C(=O)O)CC[C@@H]1CC[C@@H]1[C@@H]2CC[C@]2(C)[C@@H](O)CC[C@@H]12. The molecule has 0 aromatic carbocycles. The Morgan fingerprint density at radius 2 is 1.61 bits per heavy atom. The molecule has 0 amide bonds. The zero-order chi connectivity index (χ0) is 16.4. The van der Waals surface area contributed by atoms with E-state index < -0.39 is 5.97 Å². The number of carbonyl (C=O) groups is 1. The van der Waals surface area contributed by atoms with Gasteiger partial charge in [-0.2, -0.15) is 0 Å². The summed E-state index contributed by atoms with van der Waals surface area (Å²) in [5.41, 5.74) is 0.352. The largest absolute Gasteiger partial charge is 0.481 e. The van der Waals surface area contributed by atoms with Crippen LogP contribution in [0.2, 0.25) is 0 Å².